The van der Waals surface area contributed by atoms with Crippen molar-refractivity contribution in [1.82, 2.24) is 14.9 Å². The highest BCUT2D eigenvalue weighted by atomic mass is 16.7. The van der Waals surface area contributed by atoms with Crippen molar-refractivity contribution in [2.45, 2.75) is 84.0 Å². The van der Waals surface area contributed by atoms with E-state index in [9.17, 15) is 4.79 Å². The van der Waals surface area contributed by atoms with Crippen LogP contribution in [0, 0.1) is 0 Å². The lowest BCUT2D eigenvalue weighted by Crippen LogP contribution is -2.41. The molecule has 0 spiro atoms. The molecular formula is C24H34BN3O3. The van der Waals surface area contributed by atoms with Crippen molar-refractivity contribution in [2.24, 2.45) is 0 Å². The first-order valence-corrected chi connectivity index (χ1v) is 11.5. The number of carbonyl (C=O) groups is 1. The molecule has 1 amide bonds. The molecule has 1 atom stereocenters. The molecule has 0 aliphatic carbocycles. The number of H-pyrrole nitrogens is 1. The van der Waals surface area contributed by atoms with Crippen molar-refractivity contribution >= 4 is 18.5 Å². The summed E-state index contributed by atoms with van der Waals surface area (Å²) in [5, 5.41) is 0. The number of aromatic nitrogens is 2. The zero-order valence-corrected chi connectivity index (χ0v) is 19.4. The van der Waals surface area contributed by atoms with Crippen LogP contribution in [0.2, 0.25) is 0 Å². The van der Waals surface area contributed by atoms with Crippen LogP contribution in [0.25, 0.3) is 11.3 Å². The first-order valence-electron chi connectivity index (χ1n) is 11.5. The largest absolute Gasteiger partial charge is 0.494 e. The Morgan fingerprint density at radius 2 is 1.84 bits per heavy atom. The van der Waals surface area contributed by atoms with Crippen LogP contribution < -0.4 is 5.46 Å². The highest BCUT2D eigenvalue weighted by molar-refractivity contribution is 6.62. The standard InChI is InChI=1S/C24H34BN3O3/c1-6-9-21(29)28-15-8-7-10-20(28)22-26-16-19(27-22)17-11-13-18(14-12-17)25-30-23(2,3)24(4,5)31-25/h11-14,16,20H,6-10,15H2,1-5H3,(H,26,27)/t20-/m0/s1. The van der Waals surface area contributed by atoms with Gasteiger partial charge in [0.2, 0.25) is 5.91 Å². The van der Waals surface area contributed by atoms with E-state index in [1.807, 2.05) is 11.1 Å². The van der Waals surface area contributed by atoms with E-state index in [1.165, 1.54) is 0 Å². The molecule has 1 N–H and O–H groups in total. The van der Waals surface area contributed by atoms with Crippen LogP contribution in [0.1, 0.15) is 78.6 Å². The minimum atomic E-state index is -0.364. The van der Waals surface area contributed by atoms with Crippen molar-refractivity contribution in [1.29, 1.82) is 0 Å². The fraction of sp³-hybridized carbons (Fsp3) is 0.583. The second-order valence-electron chi connectivity index (χ2n) is 9.74. The fourth-order valence-electron chi connectivity index (χ4n) is 4.32. The Balaban J connectivity index is 1.50. The Bertz CT molecular complexity index is 906. The van der Waals surface area contributed by atoms with E-state index in [2.05, 4.69) is 68.9 Å². The summed E-state index contributed by atoms with van der Waals surface area (Å²) in [5.41, 5.74) is 2.32. The maximum atomic E-state index is 12.6. The molecule has 7 heteroatoms. The van der Waals surface area contributed by atoms with Gasteiger partial charge in [-0.2, -0.15) is 0 Å². The van der Waals surface area contributed by atoms with Gasteiger partial charge in [0, 0.05) is 13.0 Å². The molecule has 2 aliphatic rings. The second kappa shape index (κ2) is 8.43. The molecule has 2 aromatic rings. The third-order valence-electron chi connectivity index (χ3n) is 6.95. The maximum Gasteiger partial charge on any atom is 0.494 e. The predicted molar refractivity (Wildman–Crippen MR) is 123 cm³/mol. The monoisotopic (exact) mass is 423 g/mol. The van der Waals surface area contributed by atoms with Crippen molar-refractivity contribution in [2.75, 3.05) is 6.54 Å². The molecule has 1 aromatic carbocycles. The Kier molecular flexibility index (Phi) is 6.01. The lowest BCUT2D eigenvalue weighted by atomic mass is 9.79. The minimum Gasteiger partial charge on any atom is -0.399 e. The molecular weight excluding hydrogens is 389 g/mol. The summed E-state index contributed by atoms with van der Waals surface area (Å²) in [6.07, 6.45) is 6.50. The van der Waals surface area contributed by atoms with Crippen molar-refractivity contribution in [3.63, 3.8) is 0 Å². The minimum absolute atomic E-state index is 0.0468. The Labute approximate surface area is 185 Å². The Morgan fingerprint density at radius 1 is 1.16 bits per heavy atom. The smallest absolute Gasteiger partial charge is 0.399 e. The van der Waals surface area contributed by atoms with Crippen molar-refractivity contribution in [3.05, 3.63) is 36.3 Å². The highest BCUT2D eigenvalue weighted by Crippen LogP contribution is 2.36. The Hall–Kier alpha value is -2.12. The van der Waals surface area contributed by atoms with E-state index < -0.39 is 0 Å². The number of hydrogen-bond donors (Lipinski definition) is 1. The van der Waals surface area contributed by atoms with Gasteiger partial charge < -0.3 is 19.2 Å². The lowest BCUT2D eigenvalue weighted by molar-refractivity contribution is -0.135. The van der Waals surface area contributed by atoms with Crippen molar-refractivity contribution < 1.29 is 14.1 Å². The molecule has 0 bridgehead atoms. The molecule has 2 saturated heterocycles. The van der Waals surface area contributed by atoms with Crippen LogP contribution >= 0.6 is 0 Å². The van der Waals surface area contributed by atoms with Crippen LogP contribution in [-0.2, 0) is 14.1 Å². The Morgan fingerprint density at radius 3 is 2.48 bits per heavy atom. The van der Waals surface area contributed by atoms with Gasteiger partial charge in [0.25, 0.3) is 0 Å². The SMILES string of the molecule is CCCC(=O)N1CCCC[C@H]1c1ncc(-c2ccc(B3OC(C)(C)C(C)(C)O3)cc2)[nH]1. The molecule has 3 heterocycles. The fourth-order valence-corrected chi connectivity index (χ4v) is 4.32. The number of carbonyl (C=O) groups excluding carboxylic acids is 1. The lowest BCUT2D eigenvalue weighted by Gasteiger charge is -2.34. The van der Waals surface area contributed by atoms with E-state index in [0.717, 1.165) is 54.8 Å². The summed E-state index contributed by atoms with van der Waals surface area (Å²) in [5.74, 6) is 1.12. The number of amides is 1. The van der Waals surface area contributed by atoms with Gasteiger partial charge in [0.05, 0.1) is 29.1 Å². The number of likely N-dealkylation sites (tertiary alicyclic amines) is 1. The van der Waals surface area contributed by atoms with Crippen LogP contribution in [-0.4, -0.2) is 45.6 Å². The molecule has 2 fully saturated rings. The average Bonchev–Trinajstić information content (AvgIpc) is 3.31. The summed E-state index contributed by atoms with van der Waals surface area (Å²) in [4.78, 5) is 22.7. The first kappa shape index (κ1) is 22.1. The van der Waals surface area contributed by atoms with Gasteiger partial charge in [-0.1, -0.05) is 31.2 Å². The number of rotatable bonds is 5. The van der Waals surface area contributed by atoms with E-state index in [1.54, 1.807) is 0 Å². The molecule has 0 saturated carbocycles. The third kappa shape index (κ3) is 4.30. The maximum absolute atomic E-state index is 12.6. The summed E-state index contributed by atoms with van der Waals surface area (Å²) >= 11 is 0. The molecule has 1 aromatic heterocycles. The van der Waals surface area contributed by atoms with E-state index >= 15 is 0 Å². The molecule has 4 rings (SSSR count). The number of piperidine rings is 1. The summed E-state index contributed by atoms with van der Waals surface area (Å²) < 4.78 is 12.3. The molecule has 0 radical (unpaired) electrons. The van der Waals surface area contributed by atoms with Gasteiger partial charge in [0.15, 0.2) is 0 Å². The summed E-state index contributed by atoms with van der Waals surface area (Å²) in [6, 6.07) is 8.29. The van der Waals surface area contributed by atoms with Crippen LogP contribution in [0.4, 0.5) is 0 Å². The van der Waals surface area contributed by atoms with Crippen LogP contribution in [0.5, 0.6) is 0 Å². The number of benzene rings is 1. The van der Waals surface area contributed by atoms with Crippen LogP contribution in [0.15, 0.2) is 30.5 Å². The van der Waals surface area contributed by atoms with Gasteiger partial charge in [-0.3, -0.25) is 4.79 Å². The van der Waals surface area contributed by atoms with Gasteiger partial charge >= 0.3 is 7.12 Å². The normalized spacial score (nSPS) is 22.7. The van der Waals surface area contributed by atoms with E-state index in [4.69, 9.17) is 9.31 Å². The van der Waals surface area contributed by atoms with Crippen molar-refractivity contribution in [3.8, 4) is 11.3 Å². The summed E-state index contributed by atoms with van der Waals surface area (Å²) in [7, 11) is -0.364. The number of aromatic amines is 1. The zero-order chi connectivity index (χ0) is 22.2. The molecule has 6 nitrogen and oxygen atoms in total. The summed E-state index contributed by atoms with van der Waals surface area (Å²) in [6.45, 7) is 11.1. The predicted octanol–water partition coefficient (Wildman–Crippen LogP) is 4.23. The van der Waals surface area contributed by atoms with Gasteiger partial charge in [-0.25, -0.2) is 4.98 Å². The highest BCUT2D eigenvalue weighted by Gasteiger charge is 2.51. The molecule has 0 unspecified atom stereocenters. The number of hydrogen-bond acceptors (Lipinski definition) is 4. The quantitative estimate of drug-likeness (QED) is 0.731. The zero-order valence-electron chi connectivity index (χ0n) is 19.4. The van der Waals surface area contributed by atoms with Gasteiger partial charge in [-0.15, -0.1) is 0 Å². The molecule has 2 aliphatic heterocycles. The van der Waals surface area contributed by atoms with E-state index in [-0.39, 0.29) is 30.3 Å². The average molecular weight is 423 g/mol. The molecule has 166 valence electrons. The third-order valence-corrected chi connectivity index (χ3v) is 6.95. The topological polar surface area (TPSA) is 67.5 Å². The number of nitrogens with zero attached hydrogens (tertiary/aromatic N) is 2. The number of nitrogens with one attached hydrogen (secondary N) is 1. The second-order valence-corrected chi connectivity index (χ2v) is 9.74. The first-order chi connectivity index (χ1) is 14.7. The van der Waals surface area contributed by atoms with Crippen LogP contribution in [0.3, 0.4) is 0 Å². The van der Waals surface area contributed by atoms with E-state index in [0.29, 0.717) is 6.42 Å². The van der Waals surface area contributed by atoms with Gasteiger partial charge in [-0.05, 0) is 64.4 Å². The number of imidazole rings is 1. The van der Waals surface area contributed by atoms with Gasteiger partial charge in [0.1, 0.15) is 5.82 Å². The molecule has 31 heavy (non-hydrogen) atoms.